The van der Waals surface area contributed by atoms with Crippen LogP contribution in [0, 0.1) is 0 Å². The van der Waals surface area contributed by atoms with Gasteiger partial charge in [-0.05, 0) is 20.3 Å². The van der Waals surface area contributed by atoms with Gasteiger partial charge in [-0.2, -0.15) is 0 Å². The largest absolute Gasteiger partial charge is 0.323 e. The van der Waals surface area contributed by atoms with Crippen molar-refractivity contribution in [2.75, 3.05) is 6.54 Å². The van der Waals surface area contributed by atoms with Crippen LogP contribution < -0.4 is 0 Å². The van der Waals surface area contributed by atoms with E-state index in [1.807, 2.05) is 38.1 Å². The van der Waals surface area contributed by atoms with Gasteiger partial charge in [-0.15, -0.1) is 0 Å². The molecular formula is C16H21NS2. The number of benzene rings is 1. The summed E-state index contributed by atoms with van der Waals surface area (Å²) in [4.78, 5) is 3.87. The van der Waals surface area contributed by atoms with Crippen molar-refractivity contribution in [2.24, 2.45) is 0 Å². The minimum atomic E-state index is 0.893. The molecule has 102 valence electrons. The summed E-state index contributed by atoms with van der Waals surface area (Å²) in [6.45, 7) is 7.12. The molecular weight excluding hydrogens is 270 g/mol. The van der Waals surface area contributed by atoms with Crippen molar-refractivity contribution in [2.45, 2.75) is 33.6 Å². The number of hydrogen-bond donors (Lipinski definition) is 0. The van der Waals surface area contributed by atoms with E-state index in [9.17, 15) is 0 Å². The van der Waals surface area contributed by atoms with Gasteiger partial charge in [-0.25, -0.2) is 0 Å². The third kappa shape index (κ3) is 3.95. The lowest BCUT2D eigenvalue weighted by Gasteiger charge is -2.17. The predicted octanol–water partition coefficient (Wildman–Crippen LogP) is 4.74. The molecule has 0 N–H and O–H groups in total. The molecule has 0 aromatic heterocycles. The summed E-state index contributed by atoms with van der Waals surface area (Å²) in [6, 6.07) is 8.12. The van der Waals surface area contributed by atoms with E-state index in [1.54, 1.807) is 0 Å². The van der Waals surface area contributed by atoms with E-state index in [2.05, 4.69) is 24.0 Å². The lowest BCUT2D eigenvalue weighted by Crippen LogP contribution is -2.29. The first-order valence-corrected chi connectivity index (χ1v) is 7.51. The van der Waals surface area contributed by atoms with Gasteiger partial charge in [0.05, 0.1) is 0 Å². The van der Waals surface area contributed by atoms with Crippen LogP contribution in [0.2, 0.25) is 0 Å². The Labute approximate surface area is 127 Å². The highest BCUT2D eigenvalue weighted by atomic mass is 32.1. The first-order valence-electron chi connectivity index (χ1n) is 6.69. The topological polar surface area (TPSA) is 3.24 Å². The van der Waals surface area contributed by atoms with E-state index >= 15 is 0 Å². The van der Waals surface area contributed by atoms with Gasteiger partial charge in [0.1, 0.15) is 9.98 Å². The van der Waals surface area contributed by atoms with Gasteiger partial charge >= 0.3 is 0 Å². The summed E-state index contributed by atoms with van der Waals surface area (Å²) in [5, 5.41) is 0. The van der Waals surface area contributed by atoms with Gasteiger partial charge in [0.25, 0.3) is 0 Å². The monoisotopic (exact) mass is 291 g/mol. The highest BCUT2D eigenvalue weighted by molar-refractivity contribution is 7.82. The molecule has 3 heteroatoms. The molecule has 0 radical (unpaired) electrons. The molecule has 19 heavy (non-hydrogen) atoms. The molecule has 0 atom stereocenters. The highest BCUT2D eigenvalue weighted by Gasteiger charge is 2.27. The lowest BCUT2D eigenvalue weighted by molar-refractivity contribution is 0.592. The Morgan fingerprint density at radius 1 is 1.00 bits per heavy atom. The standard InChI is InChI=1S/C12H13NS2.C4H8/c1-2-3-8-13-11(14)9-6-4-5-7-10(9)12(13)15;1-3-4-2/h4-7H,2-3,8H2,1H3;3-4H,1-2H3/b;4-3-. The number of thiocarbonyl (C=S) groups is 2. The number of rotatable bonds is 3. The fourth-order valence-electron chi connectivity index (χ4n) is 1.76. The second-order valence-electron chi connectivity index (χ2n) is 4.33. The van der Waals surface area contributed by atoms with Crippen LogP contribution in [0.25, 0.3) is 0 Å². The molecule has 1 heterocycles. The summed E-state index contributed by atoms with van der Waals surface area (Å²) in [7, 11) is 0. The van der Waals surface area contributed by atoms with Gasteiger partial charge < -0.3 is 4.90 Å². The van der Waals surface area contributed by atoms with E-state index in [0.717, 1.165) is 40.5 Å². The normalized spacial score (nSPS) is 13.5. The fraction of sp³-hybridized carbons (Fsp3) is 0.375. The van der Waals surface area contributed by atoms with Crippen LogP contribution in [-0.4, -0.2) is 21.4 Å². The van der Waals surface area contributed by atoms with Gasteiger partial charge in [-0.3, -0.25) is 0 Å². The minimum absolute atomic E-state index is 0.893. The lowest BCUT2D eigenvalue weighted by atomic mass is 10.1. The van der Waals surface area contributed by atoms with Crippen molar-refractivity contribution in [1.82, 2.24) is 4.90 Å². The summed E-state index contributed by atoms with van der Waals surface area (Å²) in [5.41, 5.74) is 2.24. The highest BCUT2D eigenvalue weighted by Crippen LogP contribution is 2.24. The molecule has 0 saturated heterocycles. The van der Waals surface area contributed by atoms with Gasteiger partial charge in [0, 0.05) is 17.7 Å². The molecule has 0 bridgehead atoms. The zero-order chi connectivity index (χ0) is 14.3. The van der Waals surface area contributed by atoms with Gasteiger partial charge in [0.15, 0.2) is 0 Å². The Balaban J connectivity index is 0.000000399. The maximum atomic E-state index is 5.42. The molecule has 1 nitrogen and oxygen atoms in total. The summed E-state index contributed by atoms with van der Waals surface area (Å²) >= 11 is 10.8. The van der Waals surface area contributed by atoms with E-state index in [0.29, 0.717) is 0 Å². The zero-order valence-electron chi connectivity index (χ0n) is 11.8. The van der Waals surface area contributed by atoms with Crippen LogP contribution >= 0.6 is 24.4 Å². The number of allylic oxidation sites excluding steroid dienone is 2. The molecule has 1 aliphatic heterocycles. The smallest absolute Gasteiger partial charge is 0.114 e. The molecule has 0 amide bonds. The second kappa shape index (κ2) is 8.18. The Kier molecular flexibility index (Phi) is 6.89. The average molecular weight is 291 g/mol. The Bertz CT molecular complexity index is 438. The third-order valence-electron chi connectivity index (χ3n) is 2.95. The van der Waals surface area contributed by atoms with Crippen LogP contribution in [0.1, 0.15) is 44.7 Å². The Morgan fingerprint density at radius 3 is 1.84 bits per heavy atom. The third-order valence-corrected chi connectivity index (χ3v) is 3.83. The Morgan fingerprint density at radius 2 is 1.47 bits per heavy atom. The fourth-order valence-corrected chi connectivity index (χ4v) is 2.54. The molecule has 2 rings (SSSR count). The SMILES string of the molecule is C/C=C\C.CCCCN1C(=S)c2ccccc2C1=S. The maximum Gasteiger partial charge on any atom is 0.114 e. The summed E-state index contributed by atoms with van der Waals surface area (Å²) in [6.07, 6.45) is 6.30. The van der Waals surface area contributed by atoms with E-state index < -0.39 is 0 Å². The van der Waals surface area contributed by atoms with Crippen LogP contribution in [0.5, 0.6) is 0 Å². The average Bonchev–Trinajstić information content (AvgIpc) is 2.70. The number of fused-ring (bicyclic) bond motifs is 1. The quantitative estimate of drug-likeness (QED) is 0.585. The number of unbranched alkanes of at least 4 members (excludes halogenated alkanes) is 1. The van der Waals surface area contributed by atoms with Crippen molar-refractivity contribution < 1.29 is 0 Å². The maximum absolute atomic E-state index is 5.42. The molecule has 0 fully saturated rings. The van der Waals surface area contributed by atoms with Crippen molar-refractivity contribution in [3.05, 3.63) is 47.5 Å². The van der Waals surface area contributed by atoms with Crippen LogP contribution in [0.3, 0.4) is 0 Å². The number of hydrogen-bond acceptors (Lipinski definition) is 2. The minimum Gasteiger partial charge on any atom is -0.323 e. The van der Waals surface area contributed by atoms with Gasteiger partial charge in [-0.1, -0.05) is 74.2 Å². The Hall–Kier alpha value is -1.06. The molecule has 0 saturated carbocycles. The first kappa shape index (κ1) is 16.0. The number of nitrogens with zero attached hydrogens (tertiary/aromatic N) is 1. The zero-order valence-corrected chi connectivity index (χ0v) is 13.5. The van der Waals surface area contributed by atoms with E-state index in [1.165, 1.54) is 0 Å². The van der Waals surface area contributed by atoms with Crippen LogP contribution in [0.4, 0.5) is 0 Å². The molecule has 0 spiro atoms. The first-order chi connectivity index (χ1) is 9.17. The molecule has 1 aromatic rings. The van der Waals surface area contributed by atoms with Crippen LogP contribution in [-0.2, 0) is 0 Å². The van der Waals surface area contributed by atoms with Gasteiger partial charge in [0.2, 0.25) is 0 Å². The van der Waals surface area contributed by atoms with Crippen molar-refractivity contribution in [1.29, 1.82) is 0 Å². The molecule has 0 aliphatic carbocycles. The van der Waals surface area contributed by atoms with Crippen molar-refractivity contribution >= 4 is 34.4 Å². The molecule has 1 aromatic carbocycles. The summed E-state index contributed by atoms with van der Waals surface area (Å²) < 4.78 is 0. The second-order valence-corrected chi connectivity index (χ2v) is 5.10. The summed E-state index contributed by atoms with van der Waals surface area (Å²) in [5.74, 6) is 0. The van der Waals surface area contributed by atoms with Crippen molar-refractivity contribution in [3.63, 3.8) is 0 Å². The van der Waals surface area contributed by atoms with E-state index in [-0.39, 0.29) is 0 Å². The van der Waals surface area contributed by atoms with Crippen LogP contribution in [0.15, 0.2) is 36.4 Å². The predicted molar refractivity (Wildman–Crippen MR) is 91.9 cm³/mol. The molecule has 1 aliphatic rings. The molecule has 0 unspecified atom stereocenters. The van der Waals surface area contributed by atoms with Crippen molar-refractivity contribution in [3.8, 4) is 0 Å². The van der Waals surface area contributed by atoms with E-state index in [4.69, 9.17) is 24.4 Å².